The molecule has 1 fully saturated rings. The van der Waals surface area contributed by atoms with Gasteiger partial charge in [-0.2, -0.15) is 0 Å². The molecule has 2 aromatic rings. The second kappa shape index (κ2) is 4.75. The summed E-state index contributed by atoms with van der Waals surface area (Å²) in [5.74, 6) is 0. The van der Waals surface area contributed by atoms with Gasteiger partial charge in [-0.05, 0) is 0 Å². The maximum atomic E-state index is 11.4. The molecule has 9 nitrogen and oxygen atoms in total. The summed E-state index contributed by atoms with van der Waals surface area (Å²) in [5.41, 5.74) is 0.0990. The van der Waals surface area contributed by atoms with E-state index in [-0.39, 0.29) is 10.3 Å². The Balaban J connectivity index is 2.12. The van der Waals surface area contributed by atoms with Gasteiger partial charge in [0.15, 0.2) is 6.23 Å². The highest BCUT2D eigenvalue weighted by molar-refractivity contribution is 7.71. The Morgan fingerprint density at radius 2 is 2.15 bits per heavy atom. The highest BCUT2D eigenvalue weighted by Gasteiger charge is 2.43. The largest absolute Gasteiger partial charge is 0.394 e. The van der Waals surface area contributed by atoms with Gasteiger partial charge < -0.3 is 20.1 Å². The highest BCUT2D eigenvalue weighted by Crippen LogP contribution is 2.30. The Hall–Kier alpha value is -1.59. The van der Waals surface area contributed by atoms with Gasteiger partial charge in [-0.25, -0.2) is 9.78 Å². The number of imidazole rings is 1. The zero-order chi connectivity index (χ0) is 14.4. The van der Waals surface area contributed by atoms with Crippen LogP contribution in [0.2, 0.25) is 0 Å². The molecule has 1 aliphatic rings. The summed E-state index contributed by atoms with van der Waals surface area (Å²) in [7, 11) is 0. The number of H-pyrrole nitrogens is 2. The molecule has 5 N–H and O–H groups in total. The van der Waals surface area contributed by atoms with E-state index in [1.165, 1.54) is 10.9 Å². The van der Waals surface area contributed by atoms with Crippen molar-refractivity contribution in [3.8, 4) is 0 Å². The average molecular weight is 300 g/mol. The fraction of sp³-hybridized carbons (Fsp3) is 0.500. The van der Waals surface area contributed by atoms with Gasteiger partial charge in [-0.1, -0.05) is 12.2 Å². The molecular weight excluding hydrogens is 288 g/mol. The second-order valence-corrected chi connectivity index (χ2v) is 4.89. The summed E-state index contributed by atoms with van der Waals surface area (Å²) in [6.45, 7) is -0.433. The van der Waals surface area contributed by atoms with Crippen molar-refractivity contribution in [2.75, 3.05) is 6.61 Å². The molecule has 0 aliphatic carbocycles. The summed E-state index contributed by atoms with van der Waals surface area (Å²) in [5, 5.41) is 28.8. The number of hydrogen-bond acceptors (Lipinski definition) is 7. The van der Waals surface area contributed by atoms with E-state index in [1.54, 1.807) is 0 Å². The number of nitrogens with zero attached hydrogens (tertiary/aromatic N) is 2. The Labute approximate surface area is 116 Å². The third kappa shape index (κ3) is 1.89. The van der Waals surface area contributed by atoms with E-state index in [1.807, 2.05) is 0 Å². The van der Waals surface area contributed by atoms with Crippen LogP contribution >= 0.6 is 12.2 Å². The van der Waals surface area contributed by atoms with Crippen LogP contribution < -0.4 is 5.69 Å². The molecule has 1 aliphatic heterocycles. The molecule has 0 saturated carbocycles. The first-order chi connectivity index (χ1) is 9.52. The normalized spacial score (nSPS) is 30.1. The molecule has 20 heavy (non-hydrogen) atoms. The van der Waals surface area contributed by atoms with E-state index in [2.05, 4.69) is 15.0 Å². The van der Waals surface area contributed by atoms with Gasteiger partial charge in [0, 0.05) is 0 Å². The van der Waals surface area contributed by atoms with Crippen molar-refractivity contribution >= 4 is 23.4 Å². The van der Waals surface area contributed by atoms with Crippen LogP contribution in [0, 0.1) is 4.64 Å². The molecule has 0 spiro atoms. The van der Waals surface area contributed by atoms with Gasteiger partial charge >= 0.3 is 5.69 Å². The van der Waals surface area contributed by atoms with Gasteiger partial charge in [0.1, 0.15) is 34.1 Å². The lowest BCUT2D eigenvalue weighted by molar-refractivity contribution is -0.0511. The van der Waals surface area contributed by atoms with Gasteiger partial charge in [-0.15, -0.1) is 0 Å². The van der Waals surface area contributed by atoms with Crippen LogP contribution in [0.3, 0.4) is 0 Å². The van der Waals surface area contributed by atoms with Crippen LogP contribution in [0.5, 0.6) is 0 Å². The molecule has 10 heteroatoms. The number of aromatic amines is 2. The van der Waals surface area contributed by atoms with Crippen LogP contribution in [-0.2, 0) is 4.74 Å². The van der Waals surface area contributed by atoms with Gasteiger partial charge in [0.25, 0.3) is 0 Å². The smallest absolute Gasteiger partial charge is 0.325 e. The maximum absolute atomic E-state index is 11.4. The second-order valence-electron chi connectivity index (χ2n) is 4.49. The van der Waals surface area contributed by atoms with E-state index < -0.39 is 36.8 Å². The van der Waals surface area contributed by atoms with Crippen LogP contribution in [0.1, 0.15) is 6.23 Å². The minimum absolute atomic E-state index is 0.161. The molecule has 0 radical (unpaired) electrons. The van der Waals surface area contributed by atoms with Crippen molar-refractivity contribution in [3.05, 3.63) is 21.5 Å². The lowest BCUT2D eigenvalue weighted by Crippen LogP contribution is -2.33. The molecule has 0 unspecified atom stereocenters. The summed E-state index contributed by atoms with van der Waals surface area (Å²) in [4.78, 5) is 20.4. The van der Waals surface area contributed by atoms with Crippen molar-refractivity contribution in [2.45, 2.75) is 24.5 Å². The Morgan fingerprint density at radius 1 is 1.40 bits per heavy atom. The van der Waals surface area contributed by atoms with E-state index in [0.29, 0.717) is 5.52 Å². The van der Waals surface area contributed by atoms with E-state index in [4.69, 9.17) is 22.1 Å². The highest BCUT2D eigenvalue weighted by atomic mass is 32.1. The van der Waals surface area contributed by atoms with Gasteiger partial charge in [0.05, 0.1) is 12.9 Å². The summed E-state index contributed by atoms with van der Waals surface area (Å²) >= 11 is 4.98. The Morgan fingerprint density at radius 3 is 2.80 bits per heavy atom. The topological polar surface area (TPSA) is 136 Å². The first-order valence-electron chi connectivity index (χ1n) is 5.84. The molecule has 4 atom stereocenters. The van der Waals surface area contributed by atoms with Crippen LogP contribution in [0.25, 0.3) is 11.2 Å². The summed E-state index contributed by atoms with van der Waals surface area (Å²) in [6.07, 6.45) is -3.03. The monoisotopic (exact) mass is 300 g/mol. The molecule has 0 amide bonds. The molecule has 3 rings (SSSR count). The Kier molecular flexibility index (Phi) is 3.18. The average Bonchev–Trinajstić information content (AvgIpc) is 2.93. The minimum atomic E-state index is -1.26. The van der Waals surface area contributed by atoms with Crippen molar-refractivity contribution in [3.63, 3.8) is 0 Å². The number of nitrogens with one attached hydrogen (secondary N) is 2. The van der Waals surface area contributed by atoms with Crippen molar-refractivity contribution in [1.82, 2.24) is 19.5 Å². The fourth-order valence-electron chi connectivity index (χ4n) is 2.25. The lowest BCUT2D eigenvalue weighted by atomic mass is 10.1. The number of ether oxygens (including phenoxy) is 1. The number of fused-ring (bicyclic) bond motifs is 1. The minimum Gasteiger partial charge on any atom is -0.394 e. The van der Waals surface area contributed by atoms with Crippen LogP contribution in [0.4, 0.5) is 0 Å². The SMILES string of the molecule is O=c1[nH]c(=S)c2ncn([C@@H]3O[C@@H](CO)[C@@H](O)[C@@H]3O)c2[nH]1. The molecular formula is C10H12N4O5S. The number of aromatic nitrogens is 4. The number of aliphatic hydroxyl groups excluding tert-OH is 3. The zero-order valence-electron chi connectivity index (χ0n) is 10.1. The molecule has 0 aromatic carbocycles. The predicted molar refractivity (Wildman–Crippen MR) is 68.5 cm³/mol. The molecule has 3 heterocycles. The number of hydrogen-bond donors (Lipinski definition) is 5. The van der Waals surface area contributed by atoms with E-state index in [9.17, 15) is 15.0 Å². The van der Waals surface area contributed by atoms with Gasteiger partial charge in [0.2, 0.25) is 0 Å². The van der Waals surface area contributed by atoms with Crippen LogP contribution in [-0.4, -0.2) is 59.8 Å². The van der Waals surface area contributed by atoms with Crippen molar-refractivity contribution in [1.29, 1.82) is 0 Å². The van der Waals surface area contributed by atoms with Crippen molar-refractivity contribution < 1.29 is 20.1 Å². The third-order valence-corrected chi connectivity index (χ3v) is 3.55. The lowest BCUT2D eigenvalue weighted by Gasteiger charge is -2.16. The third-order valence-electron chi connectivity index (χ3n) is 3.26. The molecule has 108 valence electrons. The standard InChI is InChI=1S/C10H12N4O5S/c15-1-3-5(16)6(17)9(19-3)14-2-11-4-7(14)12-10(18)13-8(4)20/h2-3,5-6,9,15-17H,1H2,(H2,12,13,18,20)/t3-,5+,6-,9+/m0/s1. The summed E-state index contributed by atoms with van der Waals surface area (Å²) in [6, 6.07) is 0. The van der Waals surface area contributed by atoms with Gasteiger partial charge in [-0.3, -0.25) is 14.5 Å². The first-order valence-corrected chi connectivity index (χ1v) is 6.25. The molecule has 0 bridgehead atoms. The summed E-state index contributed by atoms with van der Waals surface area (Å²) < 4.78 is 6.90. The Bertz CT molecular complexity index is 752. The fourth-order valence-corrected chi connectivity index (χ4v) is 2.50. The zero-order valence-corrected chi connectivity index (χ0v) is 10.9. The maximum Gasteiger partial charge on any atom is 0.325 e. The number of aliphatic hydroxyl groups is 3. The number of rotatable bonds is 2. The molecule has 1 saturated heterocycles. The molecule has 2 aromatic heterocycles. The van der Waals surface area contributed by atoms with E-state index >= 15 is 0 Å². The predicted octanol–water partition coefficient (Wildman–Crippen LogP) is -1.61. The van der Waals surface area contributed by atoms with E-state index in [0.717, 1.165) is 0 Å². The first kappa shape index (κ1) is 13.4. The quantitative estimate of drug-likeness (QED) is 0.421. The van der Waals surface area contributed by atoms with Crippen LogP contribution in [0.15, 0.2) is 11.1 Å². The van der Waals surface area contributed by atoms with Crippen molar-refractivity contribution in [2.24, 2.45) is 0 Å².